The van der Waals surface area contributed by atoms with Crippen molar-refractivity contribution in [1.82, 2.24) is 9.97 Å². The summed E-state index contributed by atoms with van der Waals surface area (Å²) in [5.74, 6) is 1.02. The molecule has 0 atom stereocenters. The monoisotopic (exact) mass is 573 g/mol. The van der Waals surface area contributed by atoms with E-state index in [1.54, 1.807) is 24.3 Å². The Hall–Kier alpha value is -5.14. The van der Waals surface area contributed by atoms with Gasteiger partial charge in [0.2, 0.25) is 5.95 Å². The number of ether oxygens (including phenoxy) is 1. The number of anilines is 4. The first-order valence-corrected chi connectivity index (χ1v) is 11.7. The maximum atomic E-state index is 12.8. The van der Waals surface area contributed by atoms with E-state index in [9.17, 15) is 26.3 Å². The van der Waals surface area contributed by atoms with Crippen molar-refractivity contribution in [3.63, 3.8) is 0 Å². The molecule has 0 aliphatic heterocycles. The summed E-state index contributed by atoms with van der Waals surface area (Å²) in [6.45, 7) is 0. The maximum absolute atomic E-state index is 12.8. The molecule has 1 heterocycles. The van der Waals surface area contributed by atoms with Crippen LogP contribution in [0.3, 0.4) is 0 Å². The van der Waals surface area contributed by atoms with Crippen molar-refractivity contribution in [2.45, 2.75) is 12.4 Å². The van der Waals surface area contributed by atoms with Crippen molar-refractivity contribution in [2.24, 2.45) is 10.2 Å². The highest BCUT2D eigenvalue weighted by Crippen LogP contribution is 2.30. The Bertz CT molecular complexity index is 1430. The number of nitrogens with one attached hydrogen (secondary N) is 3. The SMILES string of the molecule is COc1ccccc1Nc1cc(NN=Cc2ccc(C(F)(F)F)cc2)nc(NN=Cc2ccc(C(F)(F)F)cc2)n1. The average molecular weight is 574 g/mol. The van der Waals surface area contributed by atoms with Gasteiger partial charge in [-0.05, 0) is 47.5 Å². The van der Waals surface area contributed by atoms with Crippen LogP contribution >= 0.6 is 0 Å². The number of benzene rings is 3. The minimum atomic E-state index is -4.45. The van der Waals surface area contributed by atoms with E-state index < -0.39 is 23.5 Å². The molecule has 0 bridgehead atoms. The lowest BCUT2D eigenvalue weighted by Crippen LogP contribution is -2.05. The zero-order valence-corrected chi connectivity index (χ0v) is 21.1. The third-order valence-corrected chi connectivity index (χ3v) is 5.34. The van der Waals surface area contributed by atoms with Crippen LogP contribution in [0.2, 0.25) is 0 Å². The number of hydrogen-bond acceptors (Lipinski definition) is 8. The highest BCUT2D eigenvalue weighted by molar-refractivity contribution is 5.81. The Balaban J connectivity index is 1.53. The molecule has 0 saturated heterocycles. The fourth-order valence-corrected chi connectivity index (χ4v) is 3.36. The Morgan fingerprint density at radius 3 is 1.73 bits per heavy atom. The molecule has 0 saturated carbocycles. The lowest BCUT2D eigenvalue weighted by Gasteiger charge is -2.12. The molecule has 8 nitrogen and oxygen atoms in total. The summed E-state index contributed by atoms with van der Waals surface area (Å²) in [4.78, 5) is 8.57. The normalized spacial score (nSPS) is 12.1. The minimum Gasteiger partial charge on any atom is -0.495 e. The van der Waals surface area contributed by atoms with Crippen molar-refractivity contribution in [1.29, 1.82) is 0 Å². The summed E-state index contributed by atoms with van der Waals surface area (Å²) in [6, 6.07) is 17.4. The second-order valence-electron chi connectivity index (χ2n) is 8.27. The molecule has 14 heteroatoms. The van der Waals surface area contributed by atoms with Crippen molar-refractivity contribution in [3.05, 3.63) is 101 Å². The number of halogens is 6. The van der Waals surface area contributed by atoms with Gasteiger partial charge in [-0.2, -0.15) is 46.5 Å². The maximum Gasteiger partial charge on any atom is 0.416 e. The van der Waals surface area contributed by atoms with Crippen molar-refractivity contribution in [3.8, 4) is 5.75 Å². The Kier molecular flexibility index (Phi) is 8.70. The van der Waals surface area contributed by atoms with Crippen LogP contribution in [0, 0.1) is 0 Å². The molecule has 0 aliphatic rings. The Morgan fingerprint density at radius 1 is 0.683 bits per heavy atom. The van der Waals surface area contributed by atoms with Gasteiger partial charge in [0.1, 0.15) is 11.6 Å². The highest BCUT2D eigenvalue weighted by atomic mass is 19.4. The molecule has 0 spiro atoms. The fraction of sp³-hybridized carbons (Fsp3) is 0.111. The zero-order valence-electron chi connectivity index (χ0n) is 21.1. The number of hydrogen-bond donors (Lipinski definition) is 3. The first kappa shape index (κ1) is 28.9. The van der Waals surface area contributed by atoms with Crippen LogP contribution in [0.1, 0.15) is 22.3 Å². The third-order valence-electron chi connectivity index (χ3n) is 5.34. The van der Waals surface area contributed by atoms with Crippen molar-refractivity contribution in [2.75, 3.05) is 23.3 Å². The Labute approximate surface area is 229 Å². The van der Waals surface area contributed by atoms with Gasteiger partial charge in [-0.25, -0.2) is 5.43 Å². The molecule has 0 aliphatic carbocycles. The highest BCUT2D eigenvalue weighted by Gasteiger charge is 2.30. The van der Waals surface area contributed by atoms with E-state index in [1.807, 2.05) is 0 Å². The first-order chi connectivity index (χ1) is 19.5. The molecule has 4 rings (SSSR count). The number of alkyl halides is 6. The van der Waals surface area contributed by atoms with E-state index in [4.69, 9.17) is 4.74 Å². The van der Waals surface area contributed by atoms with E-state index in [2.05, 4.69) is 36.3 Å². The van der Waals surface area contributed by atoms with Gasteiger partial charge in [-0.1, -0.05) is 36.4 Å². The predicted octanol–water partition coefficient (Wildman–Crippen LogP) is 7.16. The van der Waals surface area contributed by atoms with E-state index >= 15 is 0 Å². The van der Waals surface area contributed by atoms with Gasteiger partial charge in [-0.3, -0.25) is 5.43 Å². The molecule has 0 fully saturated rings. The average Bonchev–Trinajstić information content (AvgIpc) is 2.93. The molecule has 212 valence electrons. The van der Waals surface area contributed by atoms with Crippen molar-refractivity contribution < 1.29 is 31.1 Å². The fourth-order valence-electron chi connectivity index (χ4n) is 3.36. The van der Waals surface area contributed by atoms with E-state index in [1.165, 1.54) is 49.9 Å². The van der Waals surface area contributed by atoms with Crippen LogP contribution in [0.25, 0.3) is 0 Å². The topological polar surface area (TPSA) is 95.8 Å². The summed E-state index contributed by atoms with van der Waals surface area (Å²) < 4.78 is 82.0. The molecule has 3 N–H and O–H groups in total. The van der Waals surface area contributed by atoms with Crippen LogP contribution in [0.4, 0.5) is 49.6 Å². The number of hydrazone groups is 2. The van der Waals surface area contributed by atoms with Crippen LogP contribution in [-0.4, -0.2) is 29.5 Å². The molecular weight excluding hydrogens is 552 g/mol. The number of rotatable bonds is 9. The van der Waals surface area contributed by atoms with Gasteiger partial charge >= 0.3 is 12.4 Å². The summed E-state index contributed by atoms with van der Waals surface area (Å²) in [5.41, 5.74) is 5.14. The second kappa shape index (κ2) is 12.4. The van der Waals surface area contributed by atoms with E-state index in [0.717, 1.165) is 24.3 Å². The zero-order chi connectivity index (χ0) is 29.5. The number of nitrogens with zero attached hydrogens (tertiary/aromatic N) is 4. The second-order valence-corrected chi connectivity index (χ2v) is 8.27. The van der Waals surface area contributed by atoms with Crippen LogP contribution in [0.15, 0.2) is 89.1 Å². The molecule has 0 amide bonds. The molecular formula is C27H21F6N7O. The van der Waals surface area contributed by atoms with Gasteiger partial charge < -0.3 is 10.1 Å². The summed E-state index contributed by atoms with van der Waals surface area (Å²) in [5, 5.41) is 11.1. The molecule has 3 aromatic carbocycles. The van der Waals surface area contributed by atoms with Gasteiger partial charge in [0, 0.05) is 6.07 Å². The molecule has 4 aromatic rings. The van der Waals surface area contributed by atoms with Crippen LogP contribution < -0.4 is 20.9 Å². The lowest BCUT2D eigenvalue weighted by atomic mass is 10.1. The summed E-state index contributed by atoms with van der Waals surface area (Å²) in [7, 11) is 1.51. The van der Waals surface area contributed by atoms with Crippen molar-refractivity contribution >= 4 is 35.7 Å². The van der Waals surface area contributed by atoms with Gasteiger partial charge in [0.25, 0.3) is 0 Å². The van der Waals surface area contributed by atoms with Gasteiger partial charge in [0.15, 0.2) is 5.82 Å². The van der Waals surface area contributed by atoms with Crippen LogP contribution in [0.5, 0.6) is 5.75 Å². The standard InChI is InChI=1S/C27H21F6N7O/c1-41-22-5-3-2-4-21(22)36-23-14-24(39-34-15-17-6-10-19(11-7-17)26(28,29)30)38-25(37-23)40-35-16-18-8-12-20(13-9-18)27(31,32)33/h2-16H,1H3,(H3,36,37,38,39,40). The number of aromatic nitrogens is 2. The largest absolute Gasteiger partial charge is 0.495 e. The van der Waals surface area contributed by atoms with E-state index in [-0.39, 0.29) is 11.8 Å². The smallest absolute Gasteiger partial charge is 0.416 e. The third kappa shape index (κ3) is 8.17. The molecule has 1 aromatic heterocycles. The van der Waals surface area contributed by atoms with Gasteiger partial charge in [-0.15, -0.1) is 0 Å². The number of methoxy groups -OCH3 is 1. The summed E-state index contributed by atoms with van der Waals surface area (Å²) in [6.07, 6.45) is -6.29. The number of para-hydroxylation sites is 2. The quantitative estimate of drug-likeness (QED) is 0.112. The minimum absolute atomic E-state index is 0.000268. The summed E-state index contributed by atoms with van der Waals surface area (Å²) >= 11 is 0. The predicted molar refractivity (Wildman–Crippen MR) is 144 cm³/mol. The Morgan fingerprint density at radius 2 is 1.20 bits per heavy atom. The van der Waals surface area contributed by atoms with E-state index in [0.29, 0.717) is 28.4 Å². The first-order valence-electron chi connectivity index (χ1n) is 11.7. The molecule has 0 unspecified atom stereocenters. The van der Waals surface area contributed by atoms with Crippen LogP contribution in [-0.2, 0) is 12.4 Å². The van der Waals surface area contributed by atoms with Gasteiger partial charge in [0.05, 0.1) is 36.4 Å². The lowest BCUT2D eigenvalue weighted by molar-refractivity contribution is -0.138. The molecule has 0 radical (unpaired) electrons. The molecule has 41 heavy (non-hydrogen) atoms.